The van der Waals surface area contributed by atoms with Crippen molar-refractivity contribution >= 4 is 5.97 Å². The van der Waals surface area contributed by atoms with Crippen molar-refractivity contribution in [2.75, 3.05) is 7.11 Å². The van der Waals surface area contributed by atoms with Crippen molar-refractivity contribution in [3.63, 3.8) is 0 Å². The van der Waals surface area contributed by atoms with E-state index in [4.69, 9.17) is 9.84 Å². The fraction of sp³-hybridized carbons (Fsp3) is 0.462. The number of carbonyl (C=O) groups is 1. The van der Waals surface area contributed by atoms with Gasteiger partial charge >= 0.3 is 12.1 Å². The monoisotopic (exact) mass is 276 g/mol. The zero-order valence-corrected chi connectivity index (χ0v) is 10.8. The molecule has 0 atom stereocenters. The molecule has 0 amide bonds. The van der Waals surface area contributed by atoms with Crippen LogP contribution in [0.5, 0.6) is 5.75 Å². The largest absolute Gasteiger partial charge is 0.497 e. The van der Waals surface area contributed by atoms with Crippen molar-refractivity contribution < 1.29 is 27.8 Å². The molecule has 106 valence electrons. The van der Waals surface area contributed by atoms with E-state index >= 15 is 0 Å². The summed E-state index contributed by atoms with van der Waals surface area (Å²) in [5.74, 6) is -1.06. The average Bonchev–Trinajstić information content (AvgIpc) is 2.25. The van der Waals surface area contributed by atoms with Gasteiger partial charge in [0.05, 0.1) is 19.1 Å². The number of hydrogen-bond acceptors (Lipinski definition) is 2. The van der Waals surface area contributed by atoms with E-state index in [1.54, 1.807) is 0 Å². The van der Waals surface area contributed by atoms with Crippen LogP contribution >= 0.6 is 0 Å². The third-order valence-corrected chi connectivity index (χ3v) is 2.85. The van der Waals surface area contributed by atoms with E-state index in [2.05, 4.69) is 0 Å². The van der Waals surface area contributed by atoms with Crippen LogP contribution in [0.25, 0.3) is 0 Å². The molecule has 0 radical (unpaired) electrons. The molecule has 0 unspecified atom stereocenters. The van der Waals surface area contributed by atoms with Gasteiger partial charge in [-0.25, -0.2) is 0 Å². The maximum absolute atomic E-state index is 13.0. The van der Waals surface area contributed by atoms with Gasteiger partial charge in [0.1, 0.15) is 5.75 Å². The second-order valence-electron chi connectivity index (χ2n) is 4.86. The molecule has 0 aliphatic heterocycles. The van der Waals surface area contributed by atoms with E-state index < -0.39 is 23.1 Å². The molecule has 6 heteroatoms. The van der Waals surface area contributed by atoms with Crippen molar-refractivity contribution in [1.82, 2.24) is 0 Å². The smallest absolute Gasteiger partial charge is 0.416 e. The van der Waals surface area contributed by atoms with Crippen molar-refractivity contribution in [3.8, 4) is 5.75 Å². The Bertz CT molecular complexity index is 479. The number of carboxylic acids is 1. The summed E-state index contributed by atoms with van der Waals surface area (Å²) in [6.45, 7) is 2.94. The minimum Gasteiger partial charge on any atom is -0.497 e. The number of hydrogen-bond donors (Lipinski definition) is 1. The molecule has 0 aliphatic carbocycles. The van der Waals surface area contributed by atoms with E-state index in [0.29, 0.717) is 0 Å². The highest BCUT2D eigenvalue weighted by molar-refractivity contribution is 5.69. The number of halogens is 3. The highest BCUT2D eigenvalue weighted by Crippen LogP contribution is 2.40. The first-order chi connectivity index (χ1) is 8.58. The summed E-state index contributed by atoms with van der Waals surface area (Å²) < 4.78 is 43.9. The Morgan fingerprint density at radius 1 is 1.26 bits per heavy atom. The van der Waals surface area contributed by atoms with Crippen LogP contribution < -0.4 is 4.74 Å². The molecule has 1 N–H and O–H groups in total. The lowest BCUT2D eigenvalue weighted by atomic mass is 9.79. The Morgan fingerprint density at radius 2 is 1.84 bits per heavy atom. The van der Waals surface area contributed by atoms with Gasteiger partial charge in [-0.15, -0.1) is 0 Å². The minimum atomic E-state index is -4.56. The lowest BCUT2D eigenvalue weighted by molar-refractivity contribution is -0.141. The summed E-state index contributed by atoms with van der Waals surface area (Å²) in [5.41, 5.74) is -2.04. The second-order valence-corrected chi connectivity index (χ2v) is 4.86. The number of benzene rings is 1. The molecule has 1 aromatic carbocycles. The van der Waals surface area contributed by atoms with Crippen molar-refractivity contribution in [2.24, 2.45) is 0 Å². The van der Waals surface area contributed by atoms with Gasteiger partial charge in [-0.3, -0.25) is 4.79 Å². The molecule has 0 aliphatic rings. The van der Waals surface area contributed by atoms with Crippen LogP contribution in [0.2, 0.25) is 0 Å². The van der Waals surface area contributed by atoms with Crippen molar-refractivity contribution in [3.05, 3.63) is 29.3 Å². The number of methoxy groups -OCH3 is 1. The van der Waals surface area contributed by atoms with Crippen LogP contribution in [0.4, 0.5) is 13.2 Å². The van der Waals surface area contributed by atoms with Crippen LogP contribution in [0.3, 0.4) is 0 Å². The number of aliphatic carboxylic acids is 1. The molecule has 0 fully saturated rings. The Balaban J connectivity index is 3.38. The van der Waals surface area contributed by atoms with Crippen LogP contribution in [-0.4, -0.2) is 18.2 Å². The zero-order chi connectivity index (χ0) is 14.8. The molecule has 0 spiro atoms. The van der Waals surface area contributed by atoms with Crippen molar-refractivity contribution in [1.29, 1.82) is 0 Å². The van der Waals surface area contributed by atoms with Crippen LogP contribution in [-0.2, 0) is 16.4 Å². The SMILES string of the molecule is COc1ccc(C(C)(C)CC(=O)O)c(C(F)(F)F)c1. The highest BCUT2D eigenvalue weighted by Gasteiger charge is 2.38. The molecule has 0 bridgehead atoms. The molecule has 0 heterocycles. The highest BCUT2D eigenvalue weighted by atomic mass is 19.4. The summed E-state index contributed by atoms with van der Waals surface area (Å²) in [6.07, 6.45) is -4.94. The third kappa shape index (κ3) is 3.62. The number of alkyl halides is 3. The second kappa shape index (κ2) is 5.11. The van der Waals surface area contributed by atoms with Gasteiger partial charge in [-0.1, -0.05) is 19.9 Å². The van der Waals surface area contributed by atoms with Gasteiger partial charge < -0.3 is 9.84 Å². The number of carboxylic acid groups (broad SMARTS) is 1. The lowest BCUT2D eigenvalue weighted by Gasteiger charge is -2.27. The summed E-state index contributed by atoms with van der Waals surface area (Å²) in [4.78, 5) is 10.8. The van der Waals surface area contributed by atoms with Gasteiger partial charge in [-0.05, 0) is 17.7 Å². The van der Waals surface area contributed by atoms with Crippen molar-refractivity contribution in [2.45, 2.75) is 31.9 Å². The van der Waals surface area contributed by atoms with E-state index in [0.717, 1.165) is 6.07 Å². The Morgan fingerprint density at radius 3 is 2.26 bits per heavy atom. The molecular formula is C13H15F3O3. The van der Waals surface area contributed by atoms with Crippen LogP contribution in [0.15, 0.2) is 18.2 Å². The molecule has 1 aromatic rings. The molecule has 0 saturated carbocycles. The quantitative estimate of drug-likeness (QED) is 0.916. The Kier molecular flexibility index (Phi) is 4.12. The lowest BCUT2D eigenvalue weighted by Crippen LogP contribution is -2.25. The predicted octanol–water partition coefficient (Wildman–Crippen LogP) is 3.47. The van der Waals surface area contributed by atoms with E-state index in [1.807, 2.05) is 0 Å². The molecule has 1 rings (SSSR count). The molecule has 0 saturated heterocycles. The van der Waals surface area contributed by atoms with Gasteiger partial charge in [0.15, 0.2) is 0 Å². The average molecular weight is 276 g/mol. The topological polar surface area (TPSA) is 46.5 Å². The van der Waals surface area contributed by atoms with Crippen LogP contribution in [0.1, 0.15) is 31.4 Å². The van der Waals surface area contributed by atoms with Gasteiger partial charge in [0, 0.05) is 5.41 Å². The Hall–Kier alpha value is -1.72. The molecular weight excluding hydrogens is 261 g/mol. The maximum atomic E-state index is 13.0. The maximum Gasteiger partial charge on any atom is 0.416 e. The summed E-state index contributed by atoms with van der Waals surface area (Å²) >= 11 is 0. The fourth-order valence-corrected chi connectivity index (χ4v) is 1.95. The van der Waals surface area contributed by atoms with E-state index in [-0.39, 0.29) is 17.7 Å². The summed E-state index contributed by atoms with van der Waals surface area (Å²) in [7, 11) is 1.28. The zero-order valence-electron chi connectivity index (χ0n) is 10.8. The number of rotatable bonds is 4. The first kappa shape index (κ1) is 15.3. The number of ether oxygens (including phenoxy) is 1. The fourth-order valence-electron chi connectivity index (χ4n) is 1.95. The molecule has 0 aromatic heterocycles. The summed E-state index contributed by atoms with van der Waals surface area (Å²) in [5, 5.41) is 8.80. The van der Waals surface area contributed by atoms with E-state index in [9.17, 15) is 18.0 Å². The van der Waals surface area contributed by atoms with E-state index in [1.165, 1.54) is 33.1 Å². The van der Waals surface area contributed by atoms with Gasteiger partial charge in [0.25, 0.3) is 0 Å². The normalized spacial score (nSPS) is 12.3. The van der Waals surface area contributed by atoms with Gasteiger partial charge in [0.2, 0.25) is 0 Å². The third-order valence-electron chi connectivity index (χ3n) is 2.85. The van der Waals surface area contributed by atoms with Crippen LogP contribution in [0, 0.1) is 0 Å². The molecule has 19 heavy (non-hydrogen) atoms. The standard InChI is InChI=1S/C13H15F3O3/c1-12(2,7-11(17)18)9-5-4-8(19-3)6-10(9)13(14,15)16/h4-6H,7H2,1-3H3,(H,17,18). The first-order valence-corrected chi connectivity index (χ1v) is 5.55. The Labute approximate surface area is 109 Å². The first-order valence-electron chi connectivity index (χ1n) is 5.55. The van der Waals surface area contributed by atoms with Gasteiger partial charge in [-0.2, -0.15) is 13.2 Å². The minimum absolute atomic E-state index is 0.0526. The summed E-state index contributed by atoms with van der Waals surface area (Å²) in [6, 6.07) is 3.55. The predicted molar refractivity (Wildman–Crippen MR) is 63.3 cm³/mol. The molecule has 3 nitrogen and oxygen atoms in total.